The third-order valence-electron chi connectivity index (χ3n) is 0.356. The van der Waals surface area contributed by atoms with Crippen molar-refractivity contribution in [2.75, 3.05) is 7.05 Å². The molecule has 0 fully saturated rings. The van der Waals surface area contributed by atoms with Gasteiger partial charge >= 0.3 is 7.11 Å². The highest BCUT2D eigenvalue weighted by Crippen LogP contribution is 1.92. The average molecular weight is 114 g/mol. The molecule has 7 heavy (non-hydrogen) atoms. The van der Waals surface area contributed by atoms with E-state index in [0.29, 0.717) is 0 Å². The summed E-state index contributed by atoms with van der Waals surface area (Å²) in [5, 5.41) is 0.125. The highest BCUT2D eigenvalue weighted by molar-refractivity contribution is 6.47. The molecule has 3 N–H and O–H groups in total. The Bertz CT molecular complexity index is 51.4. The van der Waals surface area contributed by atoms with Crippen LogP contribution in [0.3, 0.4) is 0 Å². The zero-order chi connectivity index (χ0) is 5.91. The van der Waals surface area contributed by atoms with E-state index in [4.69, 9.17) is 0 Å². The summed E-state index contributed by atoms with van der Waals surface area (Å²) >= 11 is 0. The standard InChI is InChI=1S/CH6BF3N2/c1-6-7-2(3,4)5/h6H,7H2,1H3. The lowest BCUT2D eigenvalue weighted by Gasteiger charge is -2.06. The summed E-state index contributed by atoms with van der Waals surface area (Å²) in [6.45, 7) is 0. The van der Waals surface area contributed by atoms with E-state index in [1.54, 1.807) is 0 Å². The number of nitrogens with one attached hydrogen (secondary N) is 1. The minimum Gasteiger partial charge on any atom is -0.386 e. The number of nitrogens with two attached hydrogens (primary N) is 1. The molecule has 0 saturated heterocycles. The van der Waals surface area contributed by atoms with E-state index in [-0.39, 0.29) is 5.34 Å². The summed E-state index contributed by atoms with van der Waals surface area (Å²) in [5.74, 6) is 0. The SMILES string of the molecule is CN[NH2+][B-](F)(F)F. The maximum absolute atomic E-state index is 11.0. The lowest BCUT2D eigenvalue weighted by Crippen LogP contribution is -3.02. The van der Waals surface area contributed by atoms with Crippen molar-refractivity contribution in [2.45, 2.75) is 0 Å². The quantitative estimate of drug-likeness (QED) is 0.270. The van der Waals surface area contributed by atoms with Gasteiger partial charge in [-0.1, -0.05) is 0 Å². The maximum atomic E-state index is 11.0. The highest BCUT2D eigenvalue weighted by atomic mass is 19.4. The van der Waals surface area contributed by atoms with Crippen LogP contribution in [-0.4, -0.2) is 14.2 Å². The second kappa shape index (κ2) is 2.18. The summed E-state index contributed by atoms with van der Waals surface area (Å²) in [6.07, 6.45) is 0. The molecule has 44 valence electrons. The molecule has 0 aliphatic rings. The highest BCUT2D eigenvalue weighted by Gasteiger charge is 2.32. The van der Waals surface area contributed by atoms with E-state index in [1.165, 1.54) is 7.05 Å². The van der Waals surface area contributed by atoms with Gasteiger partial charge in [0, 0.05) is 7.05 Å². The number of hydrogen-bond acceptors (Lipinski definition) is 1. The van der Waals surface area contributed by atoms with Crippen molar-refractivity contribution in [3.8, 4) is 0 Å². The molecule has 0 aromatic rings. The van der Waals surface area contributed by atoms with Crippen LogP contribution in [0, 0.1) is 0 Å². The average Bonchev–Trinajstić information content (AvgIpc) is 1.30. The smallest absolute Gasteiger partial charge is 0.386 e. The summed E-state index contributed by atoms with van der Waals surface area (Å²) in [6, 6.07) is 0. The molecule has 0 saturated carbocycles. The van der Waals surface area contributed by atoms with Gasteiger partial charge in [0.25, 0.3) is 0 Å². The summed E-state index contributed by atoms with van der Waals surface area (Å²) < 4.78 is 33.0. The molecule has 0 aromatic carbocycles. The van der Waals surface area contributed by atoms with Crippen LogP contribution in [0.15, 0.2) is 0 Å². The fraction of sp³-hybridized carbons (Fsp3) is 1.00. The Labute approximate surface area is 39.1 Å². The Kier molecular flexibility index (Phi) is 2.11. The zero-order valence-electron chi connectivity index (χ0n) is 3.79. The van der Waals surface area contributed by atoms with Crippen LogP contribution in [0.25, 0.3) is 0 Å². The summed E-state index contributed by atoms with van der Waals surface area (Å²) in [4.78, 5) is 0. The third-order valence-corrected chi connectivity index (χ3v) is 0.356. The molecule has 0 aromatic heterocycles. The maximum Gasteiger partial charge on any atom is 0.748 e. The van der Waals surface area contributed by atoms with Crippen molar-refractivity contribution in [3.05, 3.63) is 0 Å². The van der Waals surface area contributed by atoms with Crippen molar-refractivity contribution in [2.24, 2.45) is 0 Å². The first kappa shape index (κ1) is 6.77. The van der Waals surface area contributed by atoms with Gasteiger partial charge in [-0.15, -0.1) is 0 Å². The van der Waals surface area contributed by atoms with Gasteiger partial charge in [0.15, 0.2) is 0 Å². The van der Waals surface area contributed by atoms with Gasteiger partial charge in [0.1, 0.15) is 0 Å². The minimum absolute atomic E-state index is 0.125. The van der Waals surface area contributed by atoms with Crippen molar-refractivity contribution in [1.29, 1.82) is 0 Å². The molecule has 0 atom stereocenters. The Balaban J connectivity index is 3.15. The van der Waals surface area contributed by atoms with E-state index in [2.05, 4.69) is 0 Å². The lowest BCUT2D eigenvalue weighted by atomic mass is 10.2. The van der Waals surface area contributed by atoms with Crippen LogP contribution in [0.1, 0.15) is 0 Å². The molecular formula is CH6BF3N2. The third kappa shape index (κ3) is 5.77. The van der Waals surface area contributed by atoms with Crippen LogP contribution >= 0.6 is 0 Å². The van der Waals surface area contributed by atoms with Crippen molar-refractivity contribution in [1.82, 2.24) is 5.43 Å². The second-order valence-corrected chi connectivity index (χ2v) is 1.08. The first-order valence-corrected chi connectivity index (χ1v) is 1.78. The number of rotatable bonds is 2. The first-order chi connectivity index (χ1) is 3.06. The fourth-order valence-electron chi connectivity index (χ4n) is 0.189. The molecule has 0 spiro atoms. The molecular weight excluding hydrogens is 108 g/mol. The first-order valence-electron chi connectivity index (χ1n) is 1.78. The summed E-state index contributed by atoms with van der Waals surface area (Å²) in [5.41, 5.74) is 1.89. The van der Waals surface area contributed by atoms with Gasteiger partial charge in [0.05, 0.1) is 0 Å². The van der Waals surface area contributed by atoms with Gasteiger partial charge in [-0.3, -0.25) is 0 Å². The molecule has 0 amide bonds. The Morgan fingerprint density at radius 3 is 1.86 bits per heavy atom. The van der Waals surface area contributed by atoms with Gasteiger partial charge in [-0.2, -0.15) is 0 Å². The van der Waals surface area contributed by atoms with Crippen molar-refractivity contribution >= 4 is 7.11 Å². The Morgan fingerprint density at radius 1 is 1.43 bits per heavy atom. The molecule has 0 rings (SSSR count). The number of halogens is 3. The zero-order valence-corrected chi connectivity index (χ0v) is 3.79. The second-order valence-electron chi connectivity index (χ2n) is 1.08. The number of hydrogen-bond donors (Lipinski definition) is 2. The van der Waals surface area contributed by atoms with Crippen LogP contribution in [0.5, 0.6) is 0 Å². The molecule has 0 unspecified atom stereocenters. The van der Waals surface area contributed by atoms with Crippen LogP contribution < -0.4 is 10.8 Å². The van der Waals surface area contributed by atoms with Crippen LogP contribution in [0.2, 0.25) is 0 Å². The molecule has 0 radical (unpaired) electrons. The molecule has 2 nitrogen and oxygen atoms in total. The van der Waals surface area contributed by atoms with E-state index in [0.717, 1.165) is 0 Å². The topological polar surface area (TPSA) is 28.6 Å². The van der Waals surface area contributed by atoms with E-state index in [9.17, 15) is 12.9 Å². The van der Waals surface area contributed by atoms with Crippen molar-refractivity contribution < 1.29 is 18.3 Å². The molecule has 0 aliphatic carbocycles. The predicted octanol–water partition coefficient (Wildman–Crippen LogP) is -0.972. The Hall–Kier alpha value is -0.225. The van der Waals surface area contributed by atoms with Gasteiger partial charge < -0.3 is 18.3 Å². The molecule has 6 heteroatoms. The molecule has 0 heterocycles. The van der Waals surface area contributed by atoms with E-state index < -0.39 is 7.11 Å². The van der Waals surface area contributed by atoms with Gasteiger partial charge in [-0.05, 0) is 0 Å². The monoisotopic (exact) mass is 114 g/mol. The lowest BCUT2D eigenvalue weighted by molar-refractivity contribution is -0.616. The fourth-order valence-corrected chi connectivity index (χ4v) is 0.189. The van der Waals surface area contributed by atoms with E-state index >= 15 is 0 Å². The van der Waals surface area contributed by atoms with Gasteiger partial charge in [-0.25, -0.2) is 5.43 Å². The number of quaternary nitrogens is 1. The van der Waals surface area contributed by atoms with Crippen LogP contribution in [0.4, 0.5) is 12.9 Å². The Morgan fingerprint density at radius 2 is 1.86 bits per heavy atom. The predicted molar refractivity (Wildman–Crippen MR) is 20.1 cm³/mol. The van der Waals surface area contributed by atoms with Crippen LogP contribution in [-0.2, 0) is 0 Å². The largest absolute Gasteiger partial charge is 0.748 e. The molecule has 0 bridgehead atoms. The van der Waals surface area contributed by atoms with Gasteiger partial charge in [0.2, 0.25) is 0 Å². The summed E-state index contributed by atoms with van der Waals surface area (Å²) in [7, 11) is -3.51. The molecule has 0 aliphatic heterocycles. The van der Waals surface area contributed by atoms with Crippen molar-refractivity contribution in [3.63, 3.8) is 0 Å². The normalized spacial score (nSPS) is 12.0. The minimum atomic E-state index is -4.73. The van der Waals surface area contributed by atoms with E-state index in [1.807, 2.05) is 5.43 Å².